The number of carbonyl (C=O) groups excluding carboxylic acids is 1. The van der Waals surface area contributed by atoms with Crippen LogP contribution in [0.5, 0.6) is 0 Å². The Morgan fingerprint density at radius 1 is 1.34 bits per heavy atom. The minimum Gasteiger partial charge on any atom is -0.390 e. The summed E-state index contributed by atoms with van der Waals surface area (Å²) in [5.74, 6) is -0.454. The van der Waals surface area contributed by atoms with Gasteiger partial charge in [-0.3, -0.25) is 4.79 Å². The van der Waals surface area contributed by atoms with Crippen molar-refractivity contribution in [1.29, 1.82) is 0 Å². The molecule has 1 fully saturated rings. The van der Waals surface area contributed by atoms with Gasteiger partial charge in [0.15, 0.2) is 0 Å². The molecule has 32 heavy (non-hydrogen) atoms. The predicted molar refractivity (Wildman–Crippen MR) is 125 cm³/mol. The first kappa shape index (κ1) is 23.2. The van der Waals surface area contributed by atoms with Crippen molar-refractivity contribution in [3.63, 3.8) is 0 Å². The fourth-order valence-electron chi connectivity index (χ4n) is 3.91. The quantitative estimate of drug-likeness (QED) is 0.422. The summed E-state index contributed by atoms with van der Waals surface area (Å²) in [5.41, 5.74) is 1.29. The zero-order valence-electron chi connectivity index (χ0n) is 17.0. The summed E-state index contributed by atoms with van der Waals surface area (Å²) < 4.78 is 17.0. The van der Waals surface area contributed by atoms with Crippen molar-refractivity contribution < 1.29 is 14.3 Å². The maximum absolute atomic E-state index is 14.4. The molecule has 0 spiro atoms. The van der Waals surface area contributed by atoms with Gasteiger partial charge in [0.2, 0.25) is 5.78 Å². The average molecular weight is 542 g/mol. The number of aliphatic hydroxyl groups is 1. The molecule has 1 aliphatic carbocycles. The number of ketones is 1. The van der Waals surface area contributed by atoms with Crippen LogP contribution < -0.4 is 5.32 Å². The van der Waals surface area contributed by atoms with Crippen molar-refractivity contribution >= 4 is 50.7 Å². The van der Waals surface area contributed by atoms with E-state index in [9.17, 15) is 14.3 Å². The van der Waals surface area contributed by atoms with E-state index in [0.29, 0.717) is 18.1 Å². The minimum atomic E-state index is -1.47. The number of alkyl halides is 1. The molecule has 2 heterocycles. The van der Waals surface area contributed by atoms with Crippen molar-refractivity contribution in [3.05, 3.63) is 74.3 Å². The number of halogens is 4. The molecule has 1 aromatic carbocycles. The third-order valence-corrected chi connectivity index (χ3v) is 6.87. The lowest BCUT2D eigenvalue weighted by atomic mass is 10.1. The van der Waals surface area contributed by atoms with Crippen LogP contribution in [0.3, 0.4) is 0 Å². The normalized spacial score (nSPS) is 22.8. The molecule has 4 atom stereocenters. The Kier molecular flexibility index (Phi) is 6.86. The Bertz CT molecular complexity index is 1160. The summed E-state index contributed by atoms with van der Waals surface area (Å²) in [6, 6.07) is 8.51. The zero-order chi connectivity index (χ0) is 23.0. The largest absolute Gasteiger partial charge is 0.390 e. The van der Waals surface area contributed by atoms with Gasteiger partial charge < -0.3 is 15.0 Å². The number of hydrogen-bond donors (Lipinski definition) is 2. The summed E-state index contributed by atoms with van der Waals surface area (Å²) in [6.45, 7) is 2.16. The molecule has 1 aliphatic rings. The monoisotopic (exact) mass is 540 g/mol. The standard InChI is InChI=1S/C22H20BrCl2FN4O2/c1-11-5-16(18(26)19(11)31)29-22-15(8-27-10-28-22)20(32)14-7-17(24)30(21(14)25)9-12-3-2-4-13(23)6-12/h2-4,6-8,10-11,16,18-19,31H,5,9H2,1H3,(H,27,28,29)/t11-,16-,18-,19-/m1/s1. The number of hydrogen-bond acceptors (Lipinski definition) is 5. The first-order chi connectivity index (χ1) is 15.3. The molecule has 0 radical (unpaired) electrons. The third kappa shape index (κ3) is 4.55. The van der Waals surface area contributed by atoms with Gasteiger partial charge in [-0.1, -0.05) is 58.2 Å². The average Bonchev–Trinajstić information content (AvgIpc) is 3.18. The highest BCUT2D eigenvalue weighted by molar-refractivity contribution is 9.10. The minimum absolute atomic E-state index is 0.145. The highest BCUT2D eigenvalue weighted by atomic mass is 79.9. The number of benzene rings is 1. The highest BCUT2D eigenvalue weighted by Gasteiger charge is 2.41. The maximum atomic E-state index is 14.4. The first-order valence-electron chi connectivity index (χ1n) is 9.98. The summed E-state index contributed by atoms with van der Waals surface area (Å²) in [7, 11) is 0. The van der Waals surface area contributed by atoms with E-state index < -0.39 is 24.1 Å². The van der Waals surface area contributed by atoms with E-state index in [1.807, 2.05) is 24.3 Å². The SMILES string of the molecule is C[C@@H]1C[C@@H](Nc2ncncc2C(=O)c2cc(Cl)n(Cc3cccc(Br)c3)c2Cl)[C@@H](F)[C@@H]1O. The maximum Gasteiger partial charge on any atom is 0.201 e. The van der Waals surface area contributed by atoms with Crippen LogP contribution in [0.4, 0.5) is 10.2 Å². The second-order valence-electron chi connectivity index (χ2n) is 7.90. The highest BCUT2D eigenvalue weighted by Crippen LogP contribution is 2.33. The van der Waals surface area contributed by atoms with Crippen molar-refractivity contribution in [2.24, 2.45) is 5.92 Å². The number of aliphatic hydroxyl groups excluding tert-OH is 1. The Morgan fingerprint density at radius 3 is 2.81 bits per heavy atom. The van der Waals surface area contributed by atoms with Gasteiger partial charge >= 0.3 is 0 Å². The number of nitrogens with one attached hydrogen (secondary N) is 1. The molecule has 1 saturated carbocycles. The van der Waals surface area contributed by atoms with E-state index in [2.05, 4.69) is 31.2 Å². The summed E-state index contributed by atoms with van der Waals surface area (Å²) in [6.07, 6.45) is 0.514. The predicted octanol–water partition coefficient (Wildman–Crippen LogP) is 5.15. The lowest BCUT2D eigenvalue weighted by Gasteiger charge is -2.18. The Hall–Kier alpha value is -2.00. The van der Waals surface area contributed by atoms with Gasteiger partial charge in [0.05, 0.1) is 23.3 Å². The van der Waals surface area contributed by atoms with Crippen molar-refractivity contribution in [2.75, 3.05) is 5.32 Å². The van der Waals surface area contributed by atoms with Gasteiger partial charge in [0, 0.05) is 17.2 Å². The van der Waals surface area contributed by atoms with Crippen molar-refractivity contribution in [3.8, 4) is 0 Å². The molecule has 6 nitrogen and oxygen atoms in total. The van der Waals surface area contributed by atoms with Crippen LogP contribution in [-0.2, 0) is 6.54 Å². The summed E-state index contributed by atoms with van der Waals surface area (Å²) in [5, 5.41) is 13.4. The van der Waals surface area contributed by atoms with E-state index in [4.69, 9.17) is 23.2 Å². The van der Waals surface area contributed by atoms with Crippen LogP contribution in [0.15, 0.2) is 47.3 Å². The second kappa shape index (κ2) is 9.47. The van der Waals surface area contributed by atoms with Crippen LogP contribution in [0, 0.1) is 5.92 Å². The van der Waals surface area contributed by atoms with Crippen LogP contribution in [0.2, 0.25) is 10.3 Å². The summed E-state index contributed by atoms with van der Waals surface area (Å²) in [4.78, 5) is 21.4. The number of aromatic nitrogens is 3. The summed E-state index contributed by atoms with van der Waals surface area (Å²) >= 11 is 16.4. The number of rotatable bonds is 6. The lowest BCUT2D eigenvalue weighted by molar-refractivity contribution is 0.0725. The molecular weight excluding hydrogens is 522 g/mol. The molecule has 0 aliphatic heterocycles. The molecule has 168 valence electrons. The van der Waals surface area contributed by atoms with Crippen molar-refractivity contribution in [1.82, 2.24) is 14.5 Å². The van der Waals surface area contributed by atoms with Gasteiger partial charge in [0.25, 0.3) is 0 Å². The van der Waals surface area contributed by atoms with E-state index in [-0.39, 0.29) is 28.0 Å². The fraction of sp³-hybridized carbons (Fsp3) is 0.318. The van der Waals surface area contributed by atoms with Gasteiger partial charge in [-0.2, -0.15) is 0 Å². The molecule has 10 heteroatoms. The van der Waals surface area contributed by atoms with Crippen LogP contribution >= 0.6 is 39.1 Å². The molecule has 0 unspecified atom stereocenters. The Balaban J connectivity index is 1.62. The molecule has 4 rings (SSSR count). The topological polar surface area (TPSA) is 80.0 Å². The molecule has 2 aromatic heterocycles. The molecular formula is C22H20BrCl2FN4O2. The van der Waals surface area contributed by atoms with E-state index in [1.54, 1.807) is 11.5 Å². The zero-order valence-corrected chi connectivity index (χ0v) is 20.1. The van der Waals surface area contributed by atoms with Crippen LogP contribution in [-0.4, -0.2) is 43.7 Å². The van der Waals surface area contributed by atoms with E-state index in [1.165, 1.54) is 18.6 Å². The number of nitrogens with zero attached hydrogens (tertiary/aromatic N) is 3. The lowest BCUT2D eigenvalue weighted by Crippen LogP contribution is -2.32. The molecule has 0 bridgehead atoms. The third-order valence-electron chi connectivity index (χ3n) is 5.65. The van der Waals surface area contributed by atoms with Crippen LogP contribution in [0.25, 0.3) is 0 Å². The van der Waals surface area contributed by atoms with E-state index in [0.717, 1.165) is 10.0 Å². The number of carbonyl (C=O) groups is 1. The number of anilines is 1. The fourth-order valence-corrected chi connectivity index (χ4v) is 4.94. The smallest absolute Gasteiger partial charge is 0.201 e. The second-order valence-corrected chi connectivity index (χ2v) is 9.56. The van der Waals surface area contributed by atoms with Gasteiger partial charge in [0.1, 0.15) is 28.6 Å². The molecule has 2 N–H and O–H groups in total. The van der Waals surface area contributed by atoms with Crippen molar-refractivity contribution in [2.45, 2.75) is 38.2 Å². The van der Waals surface area contributed by atoms with Gasteiger partial charge in [-0.25, -0.2) is 14.4 Å². The van der Waals surface area contributed by atoms with Gasteiger partial charge in [-0.05, 0) is 36.1 Å². The van der Waals surface area contributed by atoms with Gasteiger partial charge in [-0.15, -0.1) is 0 Å². The Morgan fingerprint density at radius 2 is 2.12 bits per heavy atom. The van der Waals surface area contributed by atoms with Crippen LogP contribution in [0.1, 0.15) is 34.8 Å². The Labute approximate surface area is 202 Å². The molecule has 3 aromatic rings. The first-order valence-corrected chi connectivity index (χ1v) is 11.5. The van der Waals surface area contributed by atoms with E-state index >= 15 is 0 Å². The molecule has 0 saturated heterocycles. The molecule has 0 amide bonds.